The van der Waals surface area contributed by atoms with Crippen molar-refractivity contribution in [2.45, 2.75) is 26.8 Å². The fourth-order valence-electron chi connectivity index (χ4n) is 1.44. The first-order valence-electron chi connectivity index (χ1n) is 4.89. The molecule has 0 saturated heterocycles. The zero-order valence-electron chi connectivity index (χ0n) is 9.53. The van der Waals surface area contributed by atoms with Crippen molar-refractivity contribution in [3.63, 3.8) is 0 Å². The van der Waals surface area contributed by atoms with Gasteiger partial charge in [0.1, 0.15) is 0 Å². The van der Waals surface area contributed by atoms with Crippen molar-refractivity contribution in [3.05, 3.63) is 17.0 Å². The molecule has 5 nitrogen and oxygen atoms in total. The highest BCUT2D eigenvalue weighted by Gasteiger charge is 2.18. The van der Waals surface area contributed by atoms with Crippen molar-refractivity contribution < 1.29 is 9.90 Å². The van der Waals surface area contributed by atoms with Crippen molar-refractivity contribution in [1.29, 1.82) is 0 Å². The van der Waals surface area contributed by atoms with E-state index in [1.54, 1.807) is 25.6 Å². The lowest BCUT2D eigenvalue weighted by molar-refractivity contribution is 0.0921. The predicted octanol–water partition coefficient (Wildman–Crippen LogP) is 0.148. The lowest BCUT2D eigenvalue weighted by Crippen LogP contribution is -2.35. The minimum absolute atomic E-state index is 0.0654. The average Bonchev–Trinajstić information content (AvgIpc) is 2.41. The molecule has 0 aliphatic carbocycles. The molecule has 2 N–H and O–H groups in total. The van der Waals surface area contributed by atoms with Gasteiger partial charge < -0.3 is 10.4 Å². The maximum atomic E-state index is 11.8. The van der Waals surface area contributed by atoms with E-state index in [1.807, 2.05) is 6.92 Å². The van der Waals surface area contributed by atoms with Gasteiger partial charge in [0.25, 0.3) is 5.91 Å². The molecule has 1 rings (SSSR count). The van der Waals surface area contributed by atoms with Gasteiger partial charge in [-0.3, -0.25) is 9.48 Å². The number of aliphatic hydroxyl groups is 1. The van der Waals surface area contributed by atoms with Gasteiger partial charge in [-0.1, -0.05) is 0 Å². The Balaban J connectivity index is 2.91. The summed E-state index contributed by atoms with van der Waals surface area (Å²) in [6, 6.07) is -0.239. The Hall–Kier alpha value is -1.36. The van der Waals surface area contributed by atoms with Crippen LogP contribution in [0.15, 0.2) is 0 Å². The van der Waals surface area contributed by atoms with Crippen LogP contribution in [0.1, 0.15) is 28.7 Å². The Kier molecular flexibility index (Phi) is 3.47. The Labute approximate surface area is 89.1 Å². The van der Waals surface area contributed by atoms with Gasteiger partial charge in [-0.2, -0.15) is 5.10 Å². The summed E-state index contributed by atoms with van der Waals surface area (Å²) in [7, 11) is 1.80. The summed E-state index contributed by atoms with van der Waals surface area (Å²) in [6.45, 7) is 5.33. The number of amides is 1. The number of carbonyl (C=O) groups excluding carboxylic acids is 1. The van der Waals surface area contributed by atoms with E-state index in [9.17, 15) is 4.79 Å². The summed E-state index contributed by atoms with van der Waals surface area (Å²) in [6.07, 6.45) is 0. The van der Waals surface area contributed by atoms with Crippen LogP contribution in [0, 0.1) is 13.8 Å². The molecule has 0 bridgehead atoms. The minimum Gasteiger partial charge on any atom is -0.394 e. The number of nitrogens with one attached hydrogen (secondary N) is 1. The summed E-state index contributed by atoms with van der Waals surface area (Å²) >= 11 is 0. The third kappa shape index (κ3) is 2.36. The highest BCUT2D eigenvalue weighted by molar-refractivity contribution is 5.96. The molecule has 1 heterocycles. The monoisotopic (exact) mass is 211 g/mol. The standard InChI is InChI=1S/C10H17N3O2/c1-6(5-14)11-10(15)9-7(2)12-13(4)8(9)3/h6,14H,5H2,1-4H3,(H,11,15)/t6-/m1/s1. The fraction of sp³-hybridized carbons (Fsp3) is 0.600. The lowest BCUT2D eigenvalue weighted by Gasteiger charge is -2.10. The Morgan fingerprint density at radius 3 is 2.60 bits per heavy atom. The van der Waals surface area contributed by atoms with Crippen LogP contribution in [0.4, 0.5) is 0 Å². The Bertz CT molecular complexity index is 371. The molecule has 0 aliphatic rings. The van der Waals surface area contributed by atoms with Gasteiger partial charge in [0, 0.05) is 18.8 Å². The van der Waals surface area contributed by atoms with Crippen molar-refractivity contribution >= 4 is 5.91 Å². The fourth-order valence-corrected chi connectivity index (χ4v) is 1.44. The Morgan fingerprint density at radius 1 is 1.60 bits per heavy atom. The third-order valence-corrected chi connectivity index (χ3v) is 2.39. The summed E-state index contributed by atoms with van der Waals surface area (Å²) in [5.41, 5.74) is 2.13. The lowest BCUT2D eigenvalue weighted by atomic mass is 10.1. The number of aliphatic hydroxyl groups excluding tert-OH is 1. The van der Waals surface area contributed by atoms with Gasteiger partial charge in [0.2, 0.25) is 0 Å². The predicted molar refractivity (Wildman–Crippen MR) is 56.7 cm³/mol. The highest BCUT2D eigenvalue weighted by atomic mass is 16.3. The molecule has 0 aromatic carbocycles. The van der Waals surface area contributed by atoms with Gasteiger partial charge in [0.15, 0.2) is 0 Å². The zero-order chi connectivity index (χ0) is 11.6. The first kappa shape index (κ1) is 11.7. The van der Waals surface area contributed by atoms with Crippen molar-refractivity contribution in [1.82, 2.24) is 15.1 Å². The zero-order valence-corrected chi connectivity index (χ0v) is 9.53. The third-order valence-electron chi connectivity index (χ3n) is 2.39. The first-order chi connectivity index (χ1) is 6.97. The van der Waals surface area contributed by atoms with Gasteiger partial charge in [0.05, 0.1) is 17.9 Å². The quantitative estimate of drug-likeness (QED) is 0.747. The molecule has 0 aliphatic heterocycles. The highest BCUT2D eigenvalue weighted by Crippen LogP contribution is 2.11. The molecular formula is C10H17N3O2. The van der Waals surface area contributed by atoms with E-state index in [2.05, 4.69) is 10.4 Å². The van der Waals surface area contributed by atoms with Crippen LogP contribution < -0.4 is 5.32 Å². The number of nitrogens with zero attached hydrogens (tertiary/aromatic N) is 2. The molecule has 0 radical (unpaired) electrons. The van der Waals surface area contributed by atoms with E-state index in [0.29, 0.717) is 11.3 Å². The van der Waals surface area contributed by atoms with Crippen LogP contribution in [0.2, 0.25) is 0 Å². The number of aryl methyl sites for hydroxylation is 2. The smallest absolute Gasteiger partial charge is 0.255 e. The summed E-state index contributed by atoms with van der Waals surface area (Å²) in [5.74, 6) is -0.181. The second-order valence-electron chi connectivity index (χ2n) is 3.73. The molecule has 1 aromatic heterocycles. The van der Waals surface area contributed by atoms with Crippen LogP contribution in [0.3, 0.4) is 0 Å². The summed E-state index contributed by atoms with van der Waals surface area (Å²) < 4.78 is 1.67. The number of hydrogen-bond acceptors (Lipinski definition) is 3. The van der Waals surface area contributed by atoms with Crippen LogP contribution in [0.25, 0.3) is 0 Å². The van der Waals surface area contributed by atoms with Gasteiger partial charge in [-0.05, 0) is 20.8 Å². The van der Waals surface area contributed by atoms with E-state index in [0.717, 1.165) is 5.69 Å². The molecule has 15 heavy (non-hydrogen) atoms. The van der Waals surface area contributed by atoms with Crippen LogP contribution in [0.5, 0.6) is 0 Å². The number of rotatable bonds is 3. The number of aromatic nitrogens is 2. The molecule has 1 aromatic rings. The molecule has 1 amide bonds. The molecule has 0 saturated carbocycles. The van der Waals surface area contributed by atoms with E-state index in [4.69, 9.17) is 5.11 Å². The molecule has 0 fully saturated rings. The van der Waals surface area contributed by atoms with E-state index in [-0.39, 0.29) is 18.6 Å². The van der Waals surface area contributed by atoms with Crippen molar-refractivity contribution in [2.75, 3.05) is 6.61 Å². The second kappa shape index (κ2) is 4.44. The van der Waals surface area contributed by atoms with E-state index >= 15 is 0 Å². The number of carbonyl (C=O) groups is 1. The normalized spacial score (nSPS) is 12.6. The van der Waals surface area contributed by atoms with Crippen LogP contribution >= 0.6 is 0 Å². The summed E-state index contributed by atoms with van der Waals surface area (Å²) in [5, 5.41) is 15.7. The Morgan fingerprint density at radius 2 is 2.20 bits per heavy atom. The van der Waals surface area contributed by atoms with Crippen LogP contribution in [-0.4, -0.2) is 33.4 Å². The molecule has 0 unspecified atom stereocenters. The van der Waals surface area contributed by atoms with Crippen molar-refractivity contribution in [2.24, 2.45) is 7.05 Å². The van der Waals surface area contributed by atoms with Gasteiger partial charge >= 0.3 is 0 Å². The molecule has 1 atom stereocenters. The SMILES string of the molecule is Cc1nn(C)c(C)c1C(=O)N[C@H](C)CO. The molecule has 84 valence electrons. The van der Waals surface area contributed by atoms with Crippen molar-refractivity contribution in [3.8, 4) is 0 Å². The van der Waals surface area contributed by atoms with Gasteiger partial charge in [-0.25, -0.2) is 0 Å². The maximum Gasteiger partial charge on any atom is 0.255 e. The molecular weight excluding hydrogens is 194 g/mol. The topological polar surface area (TPSA) is 67.2 Å². The molecule has 5 heteroatoms. The largest absolute Gasteiger partial charge is 0.394 e. The van der Waals surface area contributed by atoms with E-state index < -0.39 is 0 Å². The maximum absolute atomic E-state index is 11.8. The van der Waals surface area contributed by atoms with Gasteiger partial charge in [-0.15, -0.1) is 0 Å². The minimum atomic E-state index is -0.239. The first-order valence-corrected chi connectivity index (χ1v) is 4.89. The number of hydrogen-bond donors (Lipinski definition) is 2. The second-order valence-corrected chi connectivity index (χ2v) is 3.73. The van der Waals surface area contributed by atoms with Crippen LogP contribution in [-0.2, 0) is 7.05 Å². The average molecular weight is 211 g/mol. The van der Waals surface area contributed by atoms with E-state index in [1.165, 1.54) is 0 Å². The molecule has 0 spiro atoms. The summed E-state index contributed by atoms with van der Waals surface area (Å²) in [4.78, 5) is 11.8.